The highest BCUT2D eigenvalue weighted by Gasteiger charge is 2.31. The molecule has 1 saturated heterocycles. The zero-order chi connectivity index (χ0) is 17.9. The lowest BCUT2D eigenvalue weighted by Crippen LogP contribution is -2.49. The number of anilines is 2. The molecule has 6 nitrogen and oxygen atoms in total. The van der Waals surface area contributed by atoms with Crippen molar-refractivity contribution in [2.45, 2.75) is 16.6 Å². The van der Waals surface area contributed by atoms with Gasteiger partial charge in [-0.2, -0.15) is 0 Å². The first-order chi connectivity index (χ1) is 12.7. The fourth-order valence-corrected chi connectivity index (χ4v) is 4.39. The summed E-state index contributed by atoms with van der Waals surface area (Å²) in [7, 11) is 0. The minimum Gasteiger partial charge on any atom is -0.368 e. The first-order valence-electron chi connectivity index (χ1n) is 8.70. The Bertz CT molecular complexity index is 806. The van der Waals surface area contributed by atoms with Gasteiger partial charge >= 0.3 is 0 Å². The van der Waals surface area contributed by atoms with E-state index in [0.717, 1.165) is 29.4 Å². The molecule has 2 aliphatic heterocycles. The quantitative estimate of drug-likeness (QED) is 0.900. The largest absolute Gasteiger partial charge is 0.368 e. The van der Waals surface area contributed by atoms with Crippen LogP contribution in [0.5, 0.6) is 0 Å². The third kappa shape index (κ3) is 3.53. The molecule has 1 atom stereocenters. The van der Waals surface area contributed by atoms with Crippen LogP contribution in [0.15, 0.2) is 53.7 Å². The number of hydrogen-bond acceptors (Lipinski definition) is 5. The monoisotopic (exact) mass is 368 g/mol. The third-order valence-electron chi connectivity index (χ3n) is 4.73. The summed E-state index contributed by atoms with van der Waals surface area (Å²) in [4.78, 5) is 34.1. The minimum atomic E-state index is -0.365. The van der Waals surface area contributed by atoms with Crippen LogP contribution in [0.2, 0.25) is 0 Å². The summed E-state index contributed by atoms with van der Waals surface area (Å²) in [5.41, 5.74) is 1.96. The number of rotatable bonds is 3. The first-order valence-corrected chi connectivity index (χ1v) is 9.58. The van der Waals surface area contributed by atoms with Crippen molar-refractivity contribution in [3.63, 3.8) is 0 Å². The predicted molar refractivity (Wildman–Crippen MR) is 102 cm³/mol. The van der Waals surface area contributed by atoms with E-state index >= 15 is 0 Å². The molecule has 7 heteroatoms. The van der Waals surface area contributed by atoms with Gasteiger partial charge in [0.15, 0.2) is 0 Å². The summed E-state index contributed by atoms with van der Waals surface area (Å²) in [6.45, 7) is 2.94. The minimum absolute atomic E-state index is 0.0476. The molecule has 0 radical (unpaired) electrons. The zero-order valence-electron chi connectivity index (χ0n) is 14.3. The molecular formula is C19H20N4O2S. The summed E-state index contributed by atoms with van der Waals surface area (Å²) in [5.74, 6) is -0.0381. The number of hydrogen-bond donors (Lipinski definition) is 1. The van der Waals surface area contributed by atoms with Crippen molar-refractivity contribution < 1.29 is 9.59 Å². The highest BCUT2D eigenvalue weighted by Crippen LogP contribution is 2.36. The molecule has 26 heavy (non-hydrogen) atoms. The molecule has 0 spiro atoms. The summed E-state index contributed by atoms with van der Waals surface area (Å²) < 4.78 is 0. The van der Waals surface area contributed by atoms with Gasteiger partial charge in [-0.05, 0) is 24.3 Å². The zero-order valence-corrected chi connectivity index (χ0v) is 15.1. The first kappa shape index (κ1) is 16.9. The Hall–Kier alpha value is -2.54. The van der Waals surface area contributed by atoms with Crippen molar-refractivity contribution in [3.8, 4) is 0 Å². The highest BCUT2D eigenvalue weighted by molar-refractivity contribution is 8.01. The maximum atomic E-state index is 12.7. The van der Waals surface area contributed by atoms with Crippen LogP contribution in [0.25, 0.3) is 0 Å². The van der Waals surface area contributed by atoms with Gasteiger partial charge in [0, 0.05) is 55.6 Å². The number of carbonyl (C=O) groups excluding carboxylic acids is 2. The molecule has 0 bridgehead atoms. The molecule has 3 heterocycles. The van der Waals surface area contributed by atoms with E-state index in [-0.39, 0.29) is 23.5 Å². The molecule has 4 rings (SSSR count). The van der Waals surface area contributed by atoms with Crippen molar-refractivity contribution in [1.82, 2.24) is 9.88 Å². The average Bonchev–Trinajstić information content (AvgIpc) is 2.69. The molecule has 0 saturated carbocycles. The van der Waals surface area contributed by atoms with Gasteiger partial charge in [0.05, 0.1) is 10.9 Å². The Morgan fingerprint density at radius 3 is 2.62 bits per heavy atom. The maximum Gasteiger partial charge on any atom is 0.238 e. The van der Waals surface area contributed by atoms with Crippen LogP contribution in [0, 0.1) is 0 Å². The number of amides is 2. The number of benzene rings is 1. The number of fused-ring (bicyclic) bond motifs is 1. The predicted octanol–water partition coefficient (Wildman–Crippen LogP) is 2.23. The second kappa shape index (κ2) is 7.37. The number of carbonyl (C=O) groups is 2. The number of pyridine rings is 1. The van der Waals surface area contributed by atoms with E-state index in [9.17, 15) is 9.59 Å². The Kier molecular flexibility index (Phi) is 4.79. The summed E-state index contributed by atoms with van der Waals surface area (Å²) in [6.07, 6.45) is 3.80. The van der Waals surface area contributed by atoms with Gasteiger partial charge in [0.25, 0.3) is 0 Å². The second-order valence-electron chi connectivity index (χ2n) is 6.37. The molecule has 1 N–H and O–H groups in total. The van der Waals surface area contributed by atoms with Gasteiger partial charge < -0.3 is 15.1 Å². The summed E-state index contributed by atoms with van der Waals surface area (Å²) >= 11 is 1.48. The van der Waals surface area contributed by atoms with Gasteiger partial charge in [-0.1, -0.05) is 12.1 Å². The van der Waals surface area contributed by atoms with Gasteiger partial charge in [-0.3, -0.25) is 14.6 Å². The SMILES string of the molecule is O=C1Nc2ccccc2SC1CC(=O)N1CCN(c2ccncc2)CC1. The van der Waals surface area contributed by atoms with Gasteiger partial charge in [-0.15, -0.1) is 11.8 Å². The molecule has 2 amide bonds. The second-order valence-corrected chi connectivity index (χ2v) is 7.61. The molecule has 1 aromatic heterocycles. The van der Waals surface area contributed by atoms with Crippen LogP contribution in [-0.2, 0) is 9.59 Å². The summed E-state index contributed by atoms with van der Waals surface area (Å²) in [6, 6.07) is 11.7. The van der Waals surface area contributed by atoms with Crippen molar-refractivity contribution in [2.24, 2.45) is 0 Å². The molecule has 1 fully saturated rings. The number of aromatic nitrogens is 1. The van der Waals surface area contributed by atoms with Crippen LogP contribution >= 0.6 is 11.8 Å². The number of nitrogens with zero attached hydrogens (tertiary/aromatic N) is 3. The third-order valence-corrected chi connectivity index (χ3v) is 6.00. The number of piperazine rings is 1. The van der Waals surface area contributed by atoms with E-state index in [1.54, 1.807) is 12.4 Å². The average molecular weight is 368 g/mol. The standard InChI is InChI=1S/C19H20N4O2S/c24-18(13-17-19(25)21-15-3-1-2-4-16(15)26-17)23-11-9-22(10-12-23)14-5-7-20-8-6-14/h1-8,17H,9-13H2,(H,21,25). The van der Waals surface area contributed by atoms with Crippen LogP contribution in [-0.4, -0.2) is 53.1 Å². The normalized spacial score (nSPS) is 19.7. The number of thioether (sulfide) groups is 1. The van der Waals surface area contributed by atoms with E-state index in [4.69, 9.17) is 0 Å². The lowest BCUT2D eigenvalue weighted by atomic mass is 10.2. The van der Waals surface area contributed by atoms with Crippen molar-refractivity contribution >= 4 is 35.0 Å². The lowest BCUT2D eigenvalue weighted by Gasteiger charge is -2.36. The van der Waals surface area contributed by atoms with Gasteiger partial charge in [-0.25, -0.2) is 0 Å². The highest BCUT2D eigenvalue weighted by atomic mass is 32.2. The Balaban J connectivity index is 1.34. The Morgan fingerprint density at radius 2 is 1.85 bits per heavy atom. The fourth-order valence-electron chi connectivity index (χ4n) is 3.28. The number of nitrogens with one attached hydrogen (secondary N) is 1. The van der Waals surface area contributed by atoms with Crippen LogP contribution < -0.4 is 10.2 Å². The Morgan fingerprint density at radius 1 is 1.12 bits per heavy atom. The topological polar surface area (TPSA) is 65.5 Å². The molecule has 134 valence electrons. The van der Waals surface area contributed by atoms with Crippen molar-refractivity contribution in [1.29, 1.82) is 0 Å². The molecule has 0 aliphatic carbocycles. The molecule has 2 aliphatic rings. The molecule has 1 aromatic carbocycles. The van der Waals surface area contributed by atoms with E-state index in [2.05, 4.69) is 15.2 Å². The van der Waals surface area contributed by atoms with Crippen LogP contribution in [0.3, 0.4) is 0 Å². The smallest absolute Gasteiger partial charge is 0.238 e. The van der Waals surface area contributed by atoms with Gasteiger partial charge in [0.2, 0.25) is 11.8 Å². The maximum absolute atomic E-state index is 12.7. The Labute approximate surface area is 156 Å². The molecular weight excluding hydrogens is 348 g/mol. The van der Waals surface area contributed by atoms with E-state index in [1.807, 2.05) is 41.3 Å². The molecule has 2 aromatic rings. The number of para-hydroxylation sites is 1. The van der Waals surface area contributed by atoms with Crippen molar-refractivity contribution in [3.05, 3.63) is 48.8 Å². The van der Waals surface area contributed by atoms with Crippen molar-refractivity contribution in [2.75, 3.05) is 36.4 Å². The lowest BCUT2D eigenvalue weighted by molar-refractivity contribution is -0.132. The molecule has 1 unspecified atom stereocenters. The van der Waals surface area contributed by atoms with Gasteiger partial charge in [0.1, 0.15) is 0 Å². The van der Waals surface area contributed by atoms with E-state index in [1.165, 1.54) is 11.8 Å². The van der Waals surface area contributed by atoms with Crippen LogP contribution in [0.4, 0.5) is 11.4 Å². The van der Waals surface area contributed by atoms with E-state index in [0.29, 0.717) is 13.1 Å². The fraction of sp³-hybridized carbons (Fsp3) is 0.316. The summed E-state index contributed by atoms with van der Waals surface area (Å²) in [5, 5.41) is 2.54. The van der Waals surface area contributed by atoms with Crippen LogP contribution in [0.1, 0.15) is 6.42 Å². The van der Waals surface area contributed by atoms with E-state index < -0.39 is 0 Å².